The van der Waals surface area contributed by atoms with Crippen molar-refractivity contribution in [3.8, 4) is 11.5 Å². The van der Waals surface area contributed by atoms with Gasteiger partial charge in [0.15, 0.2) is 11.5 Å². The molecule has 1 N–H and O–H groups in total. The average Bonchev–Trinajstić information content (AvgIpc) is 2.76. The van der Waals surface area contributed by atoms with Gasteiger partial charge >= 0.3 is 0 Å². The van der Waals surface area contributed by atoms with E-state index >= 15 is 0 Å². The van der Waals surface area contributed by atoms with Gasteiger partial charge in [0, 0.05) is 35.6 Å². The van der Waals surface area contributed by atoms with E-state index in [2.05, 4.69) is 36.1 Å². The zero-order valence-corrected chi connectivity index (χ0v) is 18.1. The number of benzene rings is 2. The normalized spacial score (nSPS) is 14.6. The predicted molar refractivity (Wildman–Crippen MR) is 116 cm³/mol. The van der Waals surface area contributed by atoms with Crippen molar-refractivity contribution in [2.24, 2.45) is 0 Å². The lowest BCUT2D eigenvalue weighted by molar-refractivity contribution is 0.0321. The molecule has 0 bridgehead atoms. The molecular weight excluding hydrogens is 455 g/mol. The number of methoxy groups -OCH3 is 1. The molecule has 2 aromatic carbocycles. The quantitative estimate of drug-likeness (QED) is 0.552. The Morgan fingerprint density at radius 2 is 2.00 bits per heavy atom. The molecule has 0 atom stereocenters. The molecule has 1 aliphatic rings. The Bertz CT molecular complexity index is 1030. The molecule has 2 heterocycles. The van der Waals surface area contributed by atoms with Gasteiger partial charge in [-0.05, 0) is 24.3 Å². The lowest BCUT2D eigenvalue weighted by atomic mass is 10.2. The van der Waals surface area contributed by atoms with Gasteiger partial charge in [-0.2, -0.15) is 0 Å². The molecular formula is C21H22BrFN4O3. The monoisotopic (exact) mass is 476 g/mol. The zero-order chi connectivity index (χ0) is 20.9. The molecule has 0 saturated carbocycles. The van der Waals surface area contributed by atoms with E-state index < -0.39 is 0 Å². The number of nitrogens with one attached hydrogen (secondary N) is 1. The maximum atomic E-state index is 14.2. The fourth-order valence-electron chi connectivity index (χ4n) is 3.26. The van der Waals surface area contributed by atoms with Crippen LogP contribution in [0.25, 0.3) is 10.9 Å². The first kappa shape index (κ1) is 20.8. The van der Waals surface area contributed by atoms with Crippen molar-refractivity contribution >= 4 is 38.3 Å². The summed E-state index contributed by atoms with van der Waals surface area (Å²) in [6.07, 6.45) is 1.44. The Morgan fingerprint density at radius 1 is 1.17 bits per heavy atom. The van der Waals surface area contributed by atoms with Crippen LogP contribution in [0.3, 0.4) is 0 Å². The highest BCUT2D eigenvalue weighted by molar-refractivity contribution is 9.10. The van der Waals surface area contributed by atoms with Gasteiger partial charge < -0.3 is 19.5 Å². The minimum absolute atomic E-state index is 0.322. The summed E-state index contributed by atoms with van der Waals surface area (Å²) in [5.74, 6) is 1.28. The zero-order valence-electron chi connectivity index (χ0n) is 16.5. The molecule has 0 aliphatic carbocycles. The number of morpholine rings is 1. The molecule has 0 amide bonds. The molecule has 0 spiro atoms. The molecule has 1 aliphatic heterocycles. The SMILES string of the molecule is COc1cc2c(Nc3ccc(Br)cc3F)ncnc2cc1OCCN1CCOCC1. The third-order valence-electron chi connectivity index (χ3n) is 4.87. The molecule has 30 heavy (non-hydrogen) atoms. The molecule has 158 valence electrons. The highest BCUT2D eigenvalue weighted by Crippen LogP contribution is 2.35. The Labute approximate surface area is 182 Å². The Hall–Kier alpha value is -2.49. The summed E-state index contributed by atoms with van der Waals surface area (Å²) in [4.78, 5) is 10.9. The molecule has 1 saturated heterocycles. The maximum absolute atomic E-state index is 14.2. The molecule has 0 radical (unpaired) electrons. The summed E-state index contributed by atoms with van der Waals surface area (Å²) >= 11 is 3.26. The first-order chi connectivity index (χ1) is 14.6. The number of hydrogen-bond acceptors (Lipinski definition) is 7. The van der Waals surface area contributed by atoms with Gasteiger partial charge in [0.2, 0.25) is 0 Å². The van der Waals surface area contributed by atoms with Crippen LogP contribution in [0.2, 0.25) is 0 Å². The van der Waals surface area contributed by atoms with Gasteiger partial charge in [-0.1, -0.05) is 15.9 Å². The number of halogens is 2. The Balaban J connectivity index is 1.55. The van der Waals surface area contributed by atoms with Gasteiger partial charge in [-0.25, -0.2) is 14.4 Å². The van der Waals surface area contributed by atoms with Gasteiger partial charge in [0.25, 0.3) is 0 Å². The van der Waals surface area contributed by atoms with Gasteiger partial charge in [0.1, 0.15) is 24.6 Å². The van der Waals surface area contributed by atoms with Gasteiger partial charge in [0.05, 0.1) is 31.5 Å². The second kappa shape index (κ2) is 9.55. The number of fused-ring (bicyclic) bond motifs is 1. The van der Waals surface area contributed by atoms with E-state index in [1.165, 1.54) is 12.4 Å². The lowest BCUT2D eigenvalue weighted by Gasteiger charge is -2.26. The Kier molecular flexibility index (Phi) is 6.61. The first-order valence-electron chi connectivity index (χ1n) is 9.62. The molecule has 1 fully saturated rings. The molecule has 9 heteroatoms. The van der Waals surface area contributed by atoms with Crippen LogP contribution in [0.4, 0.5) is 15.9 Å². The van der Waals surface area contributed by atoms with Crippen molar-refractivity contribution in [1.29, 1.82) is 0 Å². The third kappa shape index (κ3) is 4.80. The molecule has 1 aromatic heterocycles. The third-order valence-corrected chi connectivity index (χ3v) is 5.37. The highest BCUT2D eigenvalue weighted by atomic mass is 79.9. The lowest BCUT2D eigenvalue weighted by Crippen LogP contribution is -2.38. The largest absolute Gasteiger partial charge is 0.493 e. The van der Waals surface area contributed by atoms with Crippen molar-refractivity contribution in [3.63, 3.8) is 0 Å². The fraction of sp³-hybridized carbons (Fsp3) is 0.333. The molecule has 3 aromatic rings. The van der Waals surface area contributed by atoms with Crippen LogP contribution < -0.4 is 14.8 Å². The van der Waals surface area contributed by atoms with Gasteiger partial charge in [-0.3, -0.25) is 4.90 Å². The van der Waals surface area contributed by atoms with Crippen molar-refractivity contribution in [2.45, 2.75) is 0 Å². The summed E-state index contributed by atoms with van der Waals surface area (Å²) in [5, 5.41) is 3.74. The van der Waals surface area contributed by atoms with Crippen LogP contribution in [0.5, 0.6) is 11.5 Å². The summed E-state index contributed by atoms with van der Waals surface area (Å²) in [6, 6.07) is 8.42. The van der Waals surface area contributed by atoms with E-state index in [0.29, 0.717) is 45.0 Å². The van der Waals surface area contributed by atoms with Crippen LogP contribution in [0.15, 0.2) is 41.1 Å². The van der Waals surface area contributed by atoms with Crippen LogP contribution in [0, 0.1) is 5.82 Å². The molecule has 7 nitrogen and oxygen atoms in total. The van der Waals surface area contributed by atoms with Crippen LogP contribution in [0.1, 0.15) is 0 Å². The van der Waals surface area contributed by atoms with Crippen LogP contribution in [-0.2, 0) is 4.74 Å². The first-order valence-corrected chi connectivity index (χ1v) is 10.4. The standard InChI is InChI=1S/C21H22BrFN4O3/c1-28-19-11-15-18(12-20(19)30-9-6-27-4-7-29-8-5-27)24-13-25-21(15)26-17-3-2-14(22)10-16(17)23/h2-3,10-13H,4-9H2,1H3,(H,24,25,26). The maximum Gasteiger partial charge on any atom is 0.163 e. The number of hydrogen-bond donors (Lipinski definition) is 1. The van der Waals surface area contributed by atoms with Gasteiger partial charge in [-0.15, -0.1) is 0 Å². The minimum Gasteiger partial charge on any atom is -0.493 e. The van der Waals surface area contributed by atoms with E-state index in [4.69, 9.17) is 14.2 Å². The fourth-order valence-corrected chi connectivity index (χ4v) is 3.60. The van der Waals surface area contributed by atoms with E-state index in [1.807, 2.05) is 6.07 Å². The smallest absolute Gasteiger partial charge is 0.163 e. The summed E-state index contributed by atoms with van der Waals surface area (Å²) in [6.45, 7) is 4.67. The van der Waals surface area contributed by atoms with Crippen molar-refractivity contribution in [1.82, 2.24) is 14.9 Å². The number of ether oxygens (including phenoxy) is 3. The van der Waals surface area contributed by atoms with E-state index in [0.717, 1.165) is 32.8 Å². The molecule has 4 rings (SSSR count). The van der Waals surface area contributed by atoms with Crippen molar-refractivity contribution < 1.29 is 18.6 Å². The Morgan fingerprint density at radius 3 is 2.77 bits per heavy atom. The summed E-state index contributed by atoms with van der Waals surface area (Å²) in [7, 11) is 1.58. The average molecular weight is 477 g/mol. The van der Waals surface area contributed by atoms with E-state index in [-0.39, 0.29) is 5.82 Å². The number of nitrogens with zero attached hydrogens (tertiary/aromatic N) is 3. The topological polar surface area (TPSA) is 68.7 Å². The van der Waals surface area contributed by atoms with Crippen LogP contribution >= 0.6 is 15.9 Å². The van der Waals surface area contributed by atoms with E-state index in [9.17, 15) is 4.39 Å². The summed E-state index contributed by atoms with van der Waals surface area (Å²) < 4.78 is 31.8. The van der Waals surface area contributed by atoms with Crippen LogP contribution in [-0.4, -0.2) is 61.4 Å². The number of aromatic nitrogens is 2. The van der Waals surface area contributed by atoms with E-state index in [1.54, 1.807) is 25.3 Å². The number of anilines is 2. The highest BCUT2D eigenvalue weighted by Gasteiger charge is 2.14. The second-order valence-corrected chi connectivity index (χ2v) is 7.71. The minimum atomic E-state index is -0.383. The molecule has 0 unspecified atom stereocenters. The summed E-state index contributed by atoms with van der Waals surface area (Å²) in [5.41, 5.74) is 0.996. The van der Waals surface area contributed by atoms with Crippen molar-refractivity contribution in [3.05, 3.63) is 46.9 Å². The number of rotatable bonds is 7. The predicted octanol–water partition coefficient (Wildman–Crippen LogP) is 3.99. The second-order valence-electron chi connectivity index (χ2n) is 6.79. The van der Waals surface area contributed by atoms with Crippen molar-refractivity contribution in [2.75, 3.05) is 51.9 Å².